The number of rotatable bonds is 2. The van der Waals surface area contributed by atoms with Crippen LogP contribution in [0.25, 0.3) is 10.9 Å². The number of nitrogens with two attached hydrogens (primary N) is 1. The molecule has 2 unspecified atom stereocenters. The molecule has 2 aromatic rings. The number of hydrogen-bond acceptors (Lipinski definition) is 4. The van der Waals surface area contributed by atoms with E-state index in [-0.39, 0.29) is 6.04 Å². The van der Waals surface area contributed by atoms with Crippen LogP contribution in [-0.4, -0.2) is 23.6 Å². The number of fused-ring (bicyclic) bond motifs is 1. The first kappa shape index (κ1) is 13.8. The highest BCUT2D eigenvalue weighted by molar-refractivity contribution is 5.83. The smallest absolute Gasteiger partial charge is 0.147 e. The lowest BCUT2D eigenvalue weighted by Gasteiger charge is -2.41. The standard InChI is InChI=1S/C17H20N4/c1-12-5-4-7-15(11-19)21(12)17-14(10-18)9-13-6-2-3-8-16(13)20-17/h2-3,6,8-9,12,15H,4-5,7,11,19H2,1H3. The van der Waals surface area contributed by atoms with E-state index < -0.39 is 0 Å². The highest BCUT2D eigenvalue weighted by atomic mass is 15.2. The van der Waals surface area contributed by atoms with Crippen molar-refractivity contribution in [2.45, 2.75) is 38.3 Å². The maximum Gasteiger partial charge on any atom is 0.147 e. The van der Waals surface area contributed by atoms with Crippen molar-refractivity contribution in [2.75, 3.05) is 11.4 Å². The minimum atomic E-state index is 0.273. The molecule has 0 spiro atoms. The van der Waals surface area contributed by atoms with Crippen LogP contribution >= 0.6 is 0 Å². The van der Waals surface area contributed by atoms with Crippen LogP contribution in [0.3, 0.4) is 0 Å². The molecule has 1 fully saturated rings. The van der Waals surface area contributed by atoms with Gasteiger partial charge in [0.2, 0.25) is 0 Å². The van der Waals surface area contributed by atoms with Crippen molar-refractivity contribution < 1.29 is 0 Å². The molecule has 2 atom stereocenters. The molecule has 108 valence electrons. The maximum atomic E-state index is 9.51. The first-order valence-electron chi connectivity index (χ1n) is 7.53. The first-order chi connectivity index (χ1) is 10.2. The zero-order chi connectivity index (χ0) is 14.8. The van der Waals surface area contributed by atoms with Crippen LogP contribution in [0, 0.1) is 11.3 Å². The van der Waals surface area contributed by atoms with Gasteiger partial charge in [0.25, 0.3) is 0 Å². The molecule has 1 aliphatic heterocycles. The third kappa shape index (κ3) is 2.45. The molecule has 0 aliphatic carbocycles. The fraction of sp³-hybridized carbons (Fsp3) is 0.412. The van der Waals surface area contributed by atoms with Crippen LogP contribution in [-0.2, 0) is 0 Å². The van der Waals surface area contributed by atoms with E-state index in [1.54, 1.807) is 0 Å². The van der Waals surface area contributed by atoms with Gasteiger partial charge in [-0.2, -0.15) is 5.26 Å². The van der Waals surface area contributed by atoms with E-state index in [0.29, 0.717) is 18.2 Å². The number of anilines is 1. The number of nitriles is 1. The Hall–Kier alpha value is -2.12. The second-order valence-corrected chi connectivity index (χ2v) is 5.74. The SMILES string of the molecule is CC1CCCC(CN)N1c1nc2ccccc2cc1C#N. The highest BCUT2D eigenvalue weighted by Gasteiger charge is 2.29. The molecule has 4 nitrogen and oxygen atoms in total. The second kappa shape index (κ2) is 5.71. The molecule has 1 aromatic heterocycles. The lowest BCUT2D eigenvalue weighted by atomic mass is 9.95. The summed E-state index contributed by atoms with van der Waals surface area (Å²) in [7, 11) is 0. The van der Waals surface area contributed by atoms with Crippen molar-refractivity contribution >= 4 is 16.7 Å². The minimum Gasteiger partial charge on any atom is -0.349 e. The van der Waals surface area contributed by atoms with Crippen LogP contribution < -0.4 is 10.6 Å². The Morgan fingerprint density at radius 2 is 2.19 bits per heavy atom. The van der Waals surface area contributed by atoms with Gasteiger partial charge in [-0.15, -0.1) is 0 Å². The molecule has 1 aliphatic rings. The van der Waals surface area contributed by atoms with Gasteiger partial charge in [0, 0.05) is 24.0 Å². The molecule has 2 N–H and O–H groups in total. The summed E-state index contributed by atoms with van der Waals surface area (Å²) in [6, 6.07) is 12.8. The minimum absolute atomic E-state index is 0.273. The van der Waals surface area contributed by atoms with Gasteiger partial charge in [0.05, 0.1) is 11.1 Å². The van der Waals surface area contributed by atoms with E-state index in [9.17, 15) is 5.26 Å². The summed E-state index contributed by atoms with van der Waals surface area (Å²) >= 11 is 0. The molecule has 0 saturated carbocycles. The molecule has 4 heteroatoms. The number of pyridine rings is 1. The van der Waals surface area contributed by atoms with Crippen LogP contribution in [0.15, 0.2) is 30.3 Å². The van der Waals surface area contributed by atoms with Gasteiger partial charge >= 0.3 is 0 Å². The number of piperidine rings is 1. The second-order valence-electron chi connectivity index (χ2n) is 5.74. The van der Waals surface area contributed by atoms with Crippen LogP contribution in [0.5, 0.6) is 0 Å². The summed E-state index contributed by atoms with van der Waals surface area (Å²) in [6.45, 7) is 2.80. The summed E-state index contributed by atoms with van der Waals surface area (Å²) in [6.07, 6.45) is 3.38. The van der Waals surface area contributed by atoms with Crippen molar-refractivity contribution in [2.24, 2.45) is 5.73 Å². The van der Waals surface area contributed by atoms with E-state index in [4.69, 9.17) is 10.7 Å². The van der Waals surface area contributed by atoms with Gasteiger partial charge < -0.3 is 10.6 Å². The summed E-state index contributed by atoms with van der Waals surface area (Å²) in [5.41, 5.74) is 7.52. The van der Waals surface area contributed by atoms with Crippen molar-refractivity contribution in [3.63, 3.8) is 0 Å². The fourth-order valence-electron chi connectivity index (χ4n) is 3.28. The van der Waals surface area contributed by atoms with Gasteiger partial charge in [-0.25, -0.2) is 4.98 Å². The van der Waals surface area contributed by atoms with E-state index in [1.165, 1.54) is 6.42 Å². The van der Waals surface area contributed by atoms with Crippen LogP contribution in [0.4, 0.5) is 5.82 Å². The maximum absolute atomic E-state index is 9.51. The van der Waals surface area contributed by atoms with Gasteiger partial charge in [0.1, 0.15) is 11.9 Å². The monoisotopic (exact) mass is 280 g/mol. The van der Waals surface area contributed by atoms with E-state index in [2.05, 4.69) is 17.9 Å². The number of hydrogen-bond donors (Lipinski definition) is 1. The molecular weight excluding hydrogens is 260 g/mol. The normalized spacial score (nSPS) is 22.2. The predicted octanol–water partition coefficient (Wildman–Crippen LogP) is 2.81. The predicted molar refractivity (Wildman–Crippen MR) is 85.1 cm³/mol. The number of para-hydroxylation sites is 1. The molecule has 21 heavy (non-hydrogen) atoms. The number of benzene rings is 1. The van der Waals surface area contributed by atoms with Crippen LogP contribution in [0.2, 0.25) is 0 Å². The van der Waals surface area contributed by atoms with E-state index in [0.717, 1.165) is 29.6 Å². The topological polar surface area (TPSA) is 65.9 Å². The van der Waals surface area contributed by atoms with E-state index >= 15 is 0 Å². The highest BCUT2D eigenvalue weighted by Crippen LogP contribution is 2.31. The van der Waals surface area contributed by atoms with Crippen molar-refractivity contribution in [3.05, 3.63) is 35.9 Å². The summed E-state index contributed by atoms with van der Waals surface area (Å²) < 4.78 is 0. The first-order valence-corrected chi connectivity index (χ1v) is 7.53. The molecule has 0 radical (unpaired) electrons. The van der Waals surface area contributed by atoms with Crippen molar-refractivity contribution in [1.82, 2.24) is 4.98 Å². The molecule has 0 amide bonds. The van der Waals surface area contributed by atoms with Gasteiger partial charge in [-0.3, -0.25) is 0 Å². The lowest BCUT2D eigenvalue weighted by molar-refractivity contribution is 0.398. The summed E-state index contributed by atoms with van der Waals surface area (Å²) in [5, 5.41) is 10.5. The number of nitrogens with zero attached hydrogens (tertiary/aromatic N) is 3. The summed E-state index contributed by atoms with van der Waals surface area (Å²) in [5.74, 6) is 0.791. The third-order valence-corrected chi connectivity index (χ3v) is 4.37. The molecule has 1 saturated heterocycles. The largest absolute Gasteiger partial charge is 0.349 e. The molecule has 3 rings (SSSR count). The Labute approximate surface area is 125 Å². The molecule has 1 aromatic carbocycles. The van der Waals surface area contributed by atoms with Gasteiger partial charge in [-0.05, 0) is 38.3 Å². The molecular formula is C17H20N4. The quantitative estimate of drug-likeness (QED) is 0.918. The Morgan fingerprint density at radius 3 is 2.95 bits per heavy atom. The van der Waals surface area contributed by atoms with Crippen molar-refractivity contribution in [3.8, 4) is 6.07 Å². The Bertz CT molecular complexity index is 689. The zero-order valence-corrected chi connectivity index (χ0v) is 12.3. The Kier molecular flexibility index (Phi) is 3.76. The third-order valence-electron chi connectivity index (χ3n) is 4.37. The lowest BCUT2D eigenvalue weighted by Crippen LogP contribution is -2.49. The Balaban J connectivity index is 2.15. The van der Waals surface area contributed by atoms with Crippen molar-refractivity contribution in [1.29, 1.82) is 5.26 Å². The van der Waals surface area contributed by atoms with Gasteiger partial charge in [-0.1, -0.05) is 18.2 Å². The van der Waals surface area contributed by atoms with Crippen LogP contribution in [0.1, 0.15) is 31.7 Å². The number of aromatic nitrogens is 1. The van der Waals surface area contributed by atoms with Gasteiger partial charge in [0.15, 0.2) is 0 Å². The average Bonchev–Trinajstić information content (AvgIpc) is 2.53. The fourth-order valence-corrected chi connectivity index (χ4v) is 3.28. The molecule has 2 heterocycles. The Morgan fingerprint density at radius 1 is 1.38 bits per heavy atom. The molecule has 0 bridgehead atoms. The van der Waals surface area contributed by atoms with E-state index in [1.807, 2.05) is 30.3 Å². The summed E-state index contributed by atoms with van der Waals surface area (Å²) in [4.78, 5) is 7.02. The zero-order valence-electron chi connectivity index (χ0n) is 12.3. The average molecular weight is 280 g/mol.